The molecule has 0 aromatic heterocycles. The van der Waals surface area contributed by atoms with Gasteiger partial charge in [-0.1, -0.05) is 6.07 Å². The maximum Gasteiger partial charge on any atom is 0.0781 e. The van der Waals surface area contributed by atoms with Gasteiger partial charge < -0.3 is 4.90 Å². The molecule has 1 saturated carbocycles. The van der Waals surface area contributed by atoms with E-state index in [0.29, 0.717) is 0 Å². The van der Waals surface area contributed by atoms with Crippen LogP contribution in [0.25, 0.3) is 0 Å². The molecule has 3 heteroatoms. The summed E-state index contributed by atoms with van der Waals surface area (Å²) in [5.41, 5.74) is 2.79. The molecule has 1 aliphatic carbocycles. The third-order valence-corrected chi connectivity index (χ3v) is 3.67. The summed E-state index contributed by atoms with van der Waals surface area (Å²) >= 11 is 1.75. The summed E-state index contributed by atoms with van der Waals surface area (Å²) < 4.78 is 3.37. The first-order chi connectivity index (χ1) is 6.84. The van der Waals surface area contributed by atoms with Crippen molar-refractivity contribution < 1.29 is 0 Å². The molecule has 0 radical (unpaired) electrons. The minimum absolute atomic E-state index is 0.795. The van der Waals surface area contributed by atoms with Gasteiger partial charge in [0.2, 0.25) is 0 Å². The van der Waals surface area contributed by atoms with Gasteiger partial charge in [0, 0.05) is 10.9 Å². The van der Waals surface area contributed by atoms with Crippen LogP contribution in [0.5, 0.6) is 0 Å². The lowest BCUT2D eigenvalue weighted by atomic mass is 10.2. The second-order valence-electron chi connectivity index (χ2n) is 4.08. The van der Waals surface area contributed by atoms with E-state index in [1.54, 1.807) is 11.9 Å². The molecule has 1 aromatic rings. The van der Waals surface area contributed by atoms with Crippen LogP contribution in [-0.2, 0) is 0 Å². The van der Waals surface area contributed by atoms with Crippen LogP contribution < -0.4 is 9.62 Å². The van der Waals surface area contributed by atoms with Gasteiger partial charge in [0.1, 0.15) is 0 Å². The fourth-order valence-electron chi connectivity index (χ4n) is 1.91. The maximum absolute atomic E-state index is 3.37. The molecule has 0 amide bonds. The lowest BCUT2D eigenvalue weighted by molar-refractivity contribution is 0.754. The molecule has 74 valence electrons. The number of fused-ring (bicyclic) bond motifs is 1. The van der Waals surface area contributed by atoms with Crippen LogP contribution in [0.2, 0.25) is 0 Å². The highest BCUT2D eigenvalue weighted by Crippen LogP contribution is 2.39. The number of rotatable bonds is 1. The molecular weight excluding hydrogens is 192 g/mol. The van der Waals surface area contributed by atoms with Gasteiger partial charge in [0.15, 0.2) is 0 Å². The van der Waals surface area contributed by atoms with E-state index in [-0.39, 0.29) is 0 Å². The Morgan fingerprint density at radius 2 is 2.29 bits per heavy atom. The number of aryl methyl sites for hydroxylation is 1. The first-order valence-electron chi connectivity index (χ1n) is 5.11. The van der Waals surface area contributed by atoms with Gasteiger partial charge in [-0.2, -0.15) is 0 Å². The van der Waals surface area contributed by atoms with E-state index in [1.165, 1.54) is 29.0 Å². The van der Waals surface area contributed by atoms with Crippen molar-refractivity contribution in [2.45, 2.75) is 30.7 Å². The van der Waals surface area contributed by atoms with Crippen molar-refractivity contribution in [3.8, 4) is 0 Å². The maximum atomic E-state index is 3.37. The molecule has 1 fully saturated rings. The molecule has 0 unspecified atom stereocenters. The van der Waals surface area contributed by atoms with Crippen molar-refractivity contribution in [3.63, 3.8) is 0 Å². The minimum Gasteiger partial charge on any atom is -0.354 e. The van der Waals surface area contributed by atoms with Crippen molar-refractivity contribution in [3.05, 3.63) is 23.8 Å². The third kappa shape index (κ3) is 1.41. The predicted octanol–water partition coefficient (Wildman–Crippen LogP) is 2.53. The van der Waals surface area contributed by atoms with E-state index in [1.807, 2.05) is 0 Å². The molecule has 2 nitrogen and oxygen atoms in total. The number of hydrogen-bond acceptors (Lipinski definition) is 3. The molecule has 0 atom stereocenters. The smallest absolute Gasteiger partial charge is 0.0781 e. The first kappa shape index (κ1) is 8.62. The second kappa shape index (κ2) is 3.17. The molecule has 0 bridgehead atoms. The molecule has 14 heavy (non-hydrogen) atoms. The van der Waals surface area contributed by atoms with E-state index in [2.05, 4.69) is 34.7 Å². The Balaban J connectivity index is 2.02. The van der Waals surface area contributed by atoms with Crippen LogP contribution in [0.3, 0.4) is 0 Å². The van der Waals surface area contributed by atoms with Gasteiger partial charge >= 0.3 is 0 Å². The van der Waals surface area contributed by atoms with Crippen molar-refractivity contribution in [1.29, 1.82) is 0 Å². The van der Waals surface area contributed by atoms with Crippen LogP contribution in [0.15, 0.2) is 23.1 Å². The summed E-state index contributed by atoms with van der Waals surface area (Å²) in [5.74, 6) is 0. The zero-order valence-corrected chi connectivity index (χ0v) is 9.10. The molecule has 1 N–H and O–H groups in total. The van der Waals surface area contributed by atoms with Crippen LogP contribution >= 0.6 is 11.9 Å². The third-order valence-electron chi connectivity index (χ3n) is 2.83. The molecule has 0 saturated heterocycles. The average molecular weight is 206 g/mol. The zero-order valence-electron chi connectivity index (χ0n) is 8.29. The first-order valence-corrected chi connectivity index (χ1v) is 5.93. The lowest BCUT2D eigenvalue weighted by Gasteiger charge is -2.31. The standard InChI is InChI=1S/C11H14N2S/c1-8-2-5-11-10(6-8)13(7-12-14-11)9-3-4-9/h2,5-6,9,12H,3-4,7H2,1H3. The molecular formula is C11H14N2S. The van der Waals surface area contributed by atoms with Crippen LogP contribution in [0, 0.1) is 6.92 Å². The van der Waals surface area contributed by atoms with E-state index >= 15 is 0 Å². The number of benzene rings is 1. The zero-order chi connectivity index (χ0) is 9.54. The van der Waals surface area contributed by atoms with Crippen LogP contribution in [-0.4, -0.2) is 12.7 Å². The van der Waals surface area contributed by atoms with Crippen LogP contribution in [0.4, 0.5) is 5.69 Å². The summed E-state index contributed by atoms with van der Waals surface area (Å²) in [7, 11) is 0. The van der Waals surface area contributed by atoms with Gasteiger partial charge in [0.25, 0.3) is 0 Å². The molecule has 2 aliphatic rings. The highest BCUT2D eigenvalue weighted by Gasteiger charge is 2.32. The summed E-state index contributed by atoms with van der Waals surface area (Å²) in [6, 6.07) is 7.51. The molecule has 1 aromatic carbocycles. The Morgan fingerprint density at radius 1 is 1.43 bits per heavy atom. The summed E-state index contributed by atoms with van der Waals surface area (Å²) in [6.07, 6.45) is 2.72. The second-order valence-corrected chi connectivity index (χ2v) is 5.01. The number of hydrogen-bond donors (Lipinski definition) is 1. The number of nitrogens with one attached hydrogen (secondary N) is 1. The highest BCUT2D eigenvalue weighted by atomic mass is 32.2. The normalized spacial score (nSPS) is 20.8. The van der Waals surface area contributed by atoms with E-state index in [4.69, 9.17) is 0 Å². The van der Waals surface area contributed by atoms with Crippen molar-refractivity contribution in [1.82, 2.24) is 4.72 Å². The fraction of sp³-hybridized carbons (Fsp3) is 0.455. The Bertz CT molecular complexity index is 360. The topological polar surface area (TPSA) is 15.3 Å². The Morgan fingerprint density at radius 3 is 3.07 bits per heavy atom. The van der Waals surface area contributed by atoms with Gasteiger partial charge in [-0.05, 0) is 49.4 Å². The monoisotopic (exact) mass is 206 g/mol. The van der Waals surface area contributed by atoms with Crippen molar-refractivity contribution >= 4 is 17.6 Å². The number of anilines is 1. The van der Waals surface area contributed by atoms with Gasteiger partial charge in [-0.15, -0.1) is 0 Å². The minimum atomic E-state index is 0.795. The molecule has 0 spiro atoms. The fourth-order valence-corrected chi connectivity index (χ4v) is 2.69. The quantitative estimate of drug-likeness (QED) is 0.711. The summed E-state index contributed by atoms with van der Waals surface area (Å²) in [6.45, 7) is 3.16. The molecule has 1 aliphatic heterocycles. The van der Waals surface area contributed by atoms with Gasteiger partial charge in [-0.25, -0.2) is 4.72 Å². The molecule has 1 heterocycles. The van der Waals surface area contributed by atoms with Crippen LogP contribution in [0.1, 0.15) is 18.4 Å². The summed E-state index contributed by atoms with van der Waals surface area (Å²) in [4.78, 5) is 3.87. The number of nitrogens with zero attached hydrogens (tertiary/aromatic N) is 1. The van der Waals surface area contributed by atoms with Gasteiger partial charge in [-0.3, -0.25) is 0 Å². The lowest BCUT2D eigenvalue weighted by Crippen LogP contribution is -2.36. The largest absolute Gasteiger partial charge is 0.354 e. The Kier molecular flexibility index (Phi) is 1.96. The van der Waals surface area contributed by atoms with E-state index < -0.39 is 0 Å². The predicted molar refractivity (Wildman–Crippen MR) is 60.5 cm³/mol. The van der Waals surface area contributed by atoms with Crippen molar-refractivity contribution in [2.75, 3.05) is 11.6 Å². The Hall–Kier alpha value is -0.670. The Labute approximate surface area is 88.8 Å². The van der Waals surface area contributed by atoms with Crippen molar-refractivity contribution in [2.24, 2.45) is 0 Å². The SMILES string of the molecule is Cc1ccc2c(c1)N(C1CC1)CNS2. The highest BCUT2D eigenvalue weighted by molar-refractivity contribution is 7.97. The molecule has 3 rings (SSSR count). The average Bonchev–Trinajstić information content (AvgIpc) is 3.00. The van der Waals surface area contributed by atoms with Gasteiger partial charge in [0.05, 0.1) is 12.4 Å². The van der Waals surface area contributed by atoms with E-state index in [0.717, 1.165) is 12.7 Å². The summed E-state index contributed by atoms with van der Waals surface area (Å²) in [5, 5.41) is 0. The van der Waals surface area contributed by atoms with E-state index in [9.17, 15) is 0 Å².